The molecule has 2 nitrogen and oxygen atoms in total. The largest absolute Gasteiger partial charge is 0.309 e. The van der Waals surface area contributed by atoms with Gasteiger partial charge in [-0.05, 0) is 95.6 Å². The van der Waals surface area contributed by atoms with Crippen LogP contribution in [0.15, 0.2) is 158 Å². The Morgan fingerprint density at radius 3 is 2.00 bits per heavy atom. The molecule has 3 unspecified atom stereocenters. The first-order chi connectivity index (χ1) is 24.3. The Hall–Kier alpha value is -5.60. The summed E-state index contributed by atoms with van der Waals surface area (Å²) < 4.78 is 2.43. The second-order valence-electron chi connectivity index (χ2n) is 14.5. The van der Waals surface area contributed by atoms with E-state index in [0.717, 1.165) is 23.2 Å². The van der Waals surface area contributed by atoms with Gasteiger partial charge in [-0.25, -0.2) is 0 Å². The van der Waals surface area contributed by atoms with Crippen molar-refractivity contribution >= 4 is 49.6 Å². The Morgan fingerprint density at radius 2 is 1.20 bits per heavy atom. The maximum atomic E-state index is 2.56. The molecule has 3 aliphatic carbocycles. The van der Waals surface area contributed by atoms with Gasteiger partial charge in [0.05, 0.1) is 22.4 Å². The monoisotopic (exact) mass is 628 g/mol. The fourth-order valence-electron chi connectivity index (χ4n) is 10.4. The van der Waals surface area contributed by atoms with E-state index in [1.165, 1.54) is 80.8 Å². The van der Waals surface area contributed by atoms with Crippen LogP contribution in [0.25, 0.3) is 49.4 Å². The third-order valence-corrected chi connectivity index (χ3v) is 12.2. The molecule has 11 rings (SSSR count). The molecule has 1 heterocycles. The van der Waals surface area contributed by atoms with Crippen molar-refractivity contribution in [2.45, 2.75) is 31.1 Å². The second kappa shape index (κ2) is 10.2. The molecule has 8 aromatic rings. The van der Waals surface area contributed by atoms with E-state index in [-0.39, 0.29) is 5.41 Å². The van der Waals surface area contributed by atoms with E-state index in [9.17, 15) is 0 Å². The van der Waals surface area contributed by atoms with Crippen molar-refractivity contribution in [1.82, 2.24) is 4.57 Å². The van der Waals surface area contributed by atoms with Crippen LogP contribution >= 0.6 is 0 Å². The lowest BCUT2D eigenvalue weighted by Gasteiger charge is -2.37. The lowest BCUT2D eigenvalue weighted by atomic mass is 9.67. The number of anilines is 3. The smallest absolute Gasteiger partial charge is 0.0543 e. The van der Waals surface area contributed by atoms with Gasteiger partial charge in [-0.3, -0.25) is 0 Å². The molecular weight excluding hydrogens is 593 g/mol. The molecule has 0 radical (unpaired) electrons. The van der Waals surface area contributed by atoms with E-state index in [2.05, 4.69) is 167 Å². The van der Waals surface area contributed by atoms with Crippen LogP contribution < -0.4 is 4.90 Å². The summed E-state index contributed by atoms with van der Waals surface area (Å²) in [5.74, 6) is 1.56. The third-order valence-electron chi connectivity index (χ3n) is 12.2. The fraction of sp³-hybridized carbons (Fsp3) is 0.149. The van der Waals surface area contributed by atoms with E-state index in [0.29, 0.717) is 0 Å². The molecule has 0 amide bonds. The van der Waals surface area contributed by atoms with Crippen LogP contribution in [0.2, 0.25) is 0 Å². The molecule has 3 aliphatic rings. The minimum absolute atomic E-state index is 0.125. The quantitative estimate of drug-likeness (QED) is 0.188. The zero-order valence-electron chi connectivity index (χ0n) is 27.4. The summed E-state index contributed by atoms with van der Waals surface area (Å²) in [5, 5.41) is 5.07. The number of rotatable bonds is 4. The zero-order valence-corrected chi connectivity index (χ0v) is 27.4. The molecule has 7 aromatic carbocycles. The van der Waals surface area contributed by atoms with Crippen LogP contribution in [-0.2, 0) is 5.41 Å². The first kappa shape index (κ1) is 27.4. The summed E-state index contributed by atoms with van der Waals surface area (Å²) in [5.41, 5.74) is 13.3. The van der Waals surface area contributed by atoms with Gasteiger partial charge in [0.15, 0.2) is 0 Å². The van der Waals surface area contributed by atoms with Gasteiger partial charge in [-0.15, -0.1) is 0 Å². The second-order valence-corrected chi connectivity index (χ2v) is 14.5. The topological polar surface area (TPSA) is 8.17 Å². The average molecular weight is 629 g/mol. The first-order valence-corrected chi connectivity index (χ1v) is 17.9. The molecule has 2 fully saturated rings. The number of aromatic nitrogens is 1. The third kappa shape index (κ3) is 3.72. The summed E-state index contributed by atoms with van der Waals surface area (Å²) in [6.07, 6.45) is 5.38. The van der Waals surface area contributed by atoms with Crippen molar-refractivity contribution in [3.05, 3.63) is 169 Å². The lowest BCUT2D eigenvalue weighted by molar-refractivity contribution is 0.327. The summed E-state index contributed by atoms with van der Waals surface area (Å²) >= 11 is 0. The maximum absolute atomic E-state index is 2.56. The van der Waals surface area contributed by atoms with Gasteiger partial charge < -0.3 is 9.47 Å². The Morgan fingerprint density at radius 1 is 0.551 bits per heavy atom. The Kier molecular flexibility index (Phi) is 5.70. The van der Waals surface area contributed by atoms with E-state index in [4.69, 9.17) is 0 Å². The number of para-hydroxylation sites is 2. The summed E-state index contributed by atoms with van der Waals surface area (Å²) in [7, 11) is 0. The van der Waals surface area contributed by atoms with Gasteiger partial charge in [0, 0.05) is 38.5 Å². The van der Waals surface area contributed by atoms with Crippen LogP contribution in [0.3, 0.4) is 0 Å². The van der Waals surface area contributed by atoms with Crippen LogP contribution in [0.4, 0.5) is 17.1 Å². The fourth-order valence-corrected chi connectivity index (χ4v) is 10.4. The maximum Gasteiger partial charge on any atom is 0.0543 e. The van der Waals surface area contributed by atoms with Gasteiger partial charge in [0.2, 0.25) is 0 Å². The standard InChI is InChI=1S/C47H36N2/c1-2-16-36-32(12-1)13-9-24-42(36)49(35-15-10-14-34(29-35)48-43-22-7-4-17-37(43)38-18-5-8-23-44(38)48)45-25-11-21-41-46(45)39-19-3-6-20-40(39)47(41)30-31-26-27-33(47)28-31/h1-25,29,31,33H,26-28,30H2. The highest BCUT2D eigenvalue weighted by Gasteiger charge is 2.57. The van der Waals surface area contributed by atoms with Crippen molar-refractivity contribution in [1.29, 1.82) is 0 Å². The molecule has 0 saturated heterocycles. The Bertz CT molecular complexity index is 2550. The molecule has 2 heteroatoms. The zero-order chi connectivity index (χ0) is 32.1. The Labute approximate surface area is 286 Å². The summed E-state index contributed by atoms with van der Waals surface area (Å²) in [4.78, 5) is 2.56. The first-order valence-electron chi connectivity index (χ1n) is 17.9. The number of hydrogen-bond donors (Lipinski definition) is 0. The SMILES string of the molecule is c1cc(N(c2cccc3c2-c2ccccc2C32CC3CCC2C3)c2cccc3ccccc23)cc(-n2c3ccccc3c3ccccc32)c1. The predicted octanol–water partition coefficient (Wildman–Crippen LogP) is 12.5. The molecule has 234 valence electrons. The van der Waals surface area contributed by atoms with Crippen molar-refractivity contribution in [2.24, 2.45) is 11.8 Å². The van der Waals surface area contributed by atoms with Gasteiger partial charge in [0.1, 0.15) is 0 Å². The van der Waals surface area contributed by atoms with E-state index in [1.807, 2.05) is 0 Å². The lowest BCUT2D eigenvalue weighted by Crippen LogP contribution is -2.31. The van der Waals surface area contributed by atoms with Gasteiger partial charge in [-0.1, -0.05) is 122 Å². The number of fused-ring (bicyclic) bond motifs is 12. The average Bonchev–Trinajstić information content (AvgIpc) is 3.93. The predicted molar refractivity (Wildman–Crippen MR) is 205 cm³/mol. The summed E-state index contributed by atoms with van der Waals surface area (Å²) in [6.45, 7) is 0. The molecule has 0 aliphatic heterocycles. The number of hydrogen-bond acceptors (Lipinski definition) is 1. The van der Waals surface area contributed by atoms with Gasteiger partial charge >= 0.3 is 0 Å². The van der Waals surface area contributed by atoms with Crippen molar-refractivity contribution < 1.29 is 0 Å². The van der Waals surface area contributed by atoms with Crippen LogP contribution in [-0.4, -0.2) is 4.57 Å². The van der Waals surface area contributed by atoms with Crippen molar-refractivity contribution in [3.63, 3.8) is 0 Å². The minimum Gasteiger partial charge on any atom is -0.309 e. The molecule has 1 aromatic heterocycles. The molecular formula is C47H36N2. The molecule has 2 saturated carbocycles. The summed E-state index contributed by atoms with van der Waals surface area (Å²) in [6, 6.07) is 58.9. The van der Waals surface area contributed by atoms with Crippen molar-refractivity contribution in [2.75, 3.05) is 4.90 Å². The van der Waals surface area contributed by atoms with E-state index < -0.39 is 0 Å². The molecule has 49 heavy (non-hydrogen) atoms. The van der Waals surface area contributed by atoms with Gasteiger partial charge in [0.25, 0.3) is 0 Å². The number of nitrogens with zero attached hydrogens (tertiary/aromatic N) is 2. The van der Waals surface area contributed by atoms with Crippen LogP contribution in [0, 0.1) is 11.8 Å². The van der Waals surface area contributed by atoms with Crippen LogP contribution in [0.1, 0.15) is 36.8 Å². The van der Waals surface area contributed by atoms with E-state index >= 15 is 0 Å². The molecule has 2 bridgehead atoms. The van der Waals surface area contributed by atoms with Gasteiger partial charge in [-0.2, -0.15) is 0 Å². The highest BCUT2D eigenvalue weighted by Crippen LogP contribution is 2.67. The Balaban J connectivity index is 1.20. The molecule has 1 spiro atoms. The molecule has 3 atom stereocenters. The molecule has 0 N–H and O–H groups in total. The minimum atomic E-state index is 0.125. The highest BCUT2D eigenvalue weighted by molar-refractivity contribution is 6.09. The number of benzene rings is 7. The normalized spacial score (nSPS) is 20.4. The van der Waals surface area contributed by atoms with E-state index in [1.54, 1.807) is 11.1 Å². The highest BCUT2D eigenvalue weighted by atomic mass is 15.2. The van der Waals surface area contributed by atoms with Crippen molar-refractivity contribution in [3.8, 4) is 16.8 Å². The van der Waals surface area contributed by atoms with Crippen LogP contribution in [0.5, 0.6) is 0 Å².